The highest BCUT2D eigenvalue weighted by Crippen LogP contribution is 2.15. The lowest BCUT2D eigenvalue weighted by Crippen LogP contribution is -2.46. The normalized spacial score (nSPS) is 11.9. The van der Waals surface area contributed by atoms with Crippen LogP contribution >= 0.6 is 11.6 Å². The molecule has 3 amide bonds. The third-order valence-corrected chi connectivity index (χ3v) is 3.46. The first-order valence-electron chi connectivity index (χ1n) is 7.58. The fourth-order valence-electron chi connectivity index (χ4n) is 1.70. The number of ether oxygens (including phenoxy) is 1. The van der Waals surface area contributed by atoms with E-state index in [0.29, 0.717) is 18.2 Å². The van der Waals surface area contributed by atoms with Gasteiger partial charge in [-0.05, 0) is 44.7 Å². The second kappa shape index (κ2) is 10.1. The van der Waals surface area contributed by atoms with Gasteiger partial charge in [-0.3, -0.25) is 15.0 Å². The van der Waals surface area contributed by atoms with E-state index in [1.165, 1.54) is 0 Å². The molecule has 0 saturated heterocycles. The van der Waals surface area contributed by atoms with Crippen LogP contribution in [-0.2, 0) is 4.79 Å². The van der Waals surface area contributed by atoms with Crippen LogP contribution in [0.1, 0.15) is 20.3 Å². The van der Waals surface area contributed by atoms with Crippen molar-refractivity contribution in [1.29, 1.82) is 0 Å². The maximum atomic E-state index is 11.7. The summed E-state index contributed by atoms with van der Waals surface area (Å²) in [6.07, 6.45) is 0.809. The summed E-state index contributed by atoms with van der Waals surface area (Å²) in [6.45, 7) is 4.96. The van der Waals surface area contributed by atoms with Crippen molar-refractivity contribution in [2.75, 3.05) is 26.7 Å². The molecule has 6 nitrogen and oxygen atoms in total. The standard InChI is InChI=1S/C16H24ClN3O3/c1-4-12(2)18-16(22)19-15(21)11-20(3)9-10-23-14-7-5-13(17)6-8-14/h5-8,12H,4,9-11H2,1-3H3,(H2,18,19,21,22)/t12-/m0/s1. The molecule has 1 aromatic carbocycles. The number of halogens is 1. The molecule has 0 radical (unpaired) electrons. The molecule has 2 N–H and O–H groups in total. The summed E-state index contributed by atoms with van der Waals surface area (Å²) in [5, 5.41) is 5.64. The van der Waals surface area contributed by atoms with Gasteiger partial charge < -0.3 is 10.1 Å². The van der Waals surface area contributed by atoms with Crippen LogP contribution in [0.25, 0.3) is 0 Å². The Morgan fingerprint density at radius 2 is 1.96 bits per heavy atom. The van der Waals surface area contributed by atoms with E-state index >= 15 is 0 Å². The fraction of sp³-hybridized carbons (Fsp3) is 0.500. The van der Waals surface area contributed by atoms with Gasteiger partial charge in [0, 0.05) is 17.6 Å². The quantitative estimate of drug-likeness (QED) is 0.761. The lowest BCUT2D eigenvalue weighted by molar-refractivity contribution is -0.120. The number of nitrogens with one attached hydrogen (secondary N) is 2. The number of nitrogens with zero attached hydrogens (tertiary/aromatic N) is 1. The molecule has 0 aliphatic rings. The molecule has 1 aromatic rings. The molecular formula is C16H24ClN3O3. The van der Waals surface area contributed by atoms with Gasteiger partial charge in [0.25, 0.3) is 0 Å². The second-order valence-corrected chi connectivity index (χ2v) is 5.81. The topological polar surface area (TPSA) is 70.7 Å². The number of hydrogen-bond donors (Lipinski definition) is 2. The highest BCUT2D eigenvalue weighted by molar-refractivity contribution is 6.30. The number of rotatable bonds is 8. The monoisotopic (exact) mass is 341 g/mol. The molecule has 0 aliphatic carbocycles. The van der Waals surface area contributed by atoms with E-state index in [0.717, 1.165) is 12.2 Å². The van der Waals surface area contributed by atoms with Crippen LogP contribution in [0.4, 0.5) is 4.79 Å². The van der Waals surface area contributed by atoms with Gasteiger partial charge >= 0.3 is 6.03 Å². The van der Waals surface area contributed by atoms with Gasteiger partial charge in [-0.25, -0.2) is 4.79 Å². The molecule has 0 bridgehead atoms. The molecule has 128 valence electrons. The van der Waals surface area contributed by atoms with E-state index in [1.54, 1.807) is 36.2 Å². The zero-order valence-electron chi connectivity index (χ0n) is 13.8. The predicted octanol–water partition coefficient (Wildman–Crippen LogP) is 2.27. The van der Waals surface area contributed by atoms with Crippen LogP contribution in [0.15, 0.2) is 24.3 Å². The number of carbonyl (C=O) groups is 2. The highest BCUT2D eigenvalue weighted by atomic mass is 35.5. The number of imide groups is 1. The van der Waals surface area contributed by atoms with E-state index < -0.39 is 6.03 Å². The van der Waals surface area contributed by atoms with Crippen molar-refractivity contribution in [2.45, 2.75) is 26.3 Å². The van der Waals surface area contributed by atoms with Crippen molar-refractivity contribution >= 4 is 23.5 Å². The Bertz CT molecular complexity index is 508. The van der Waals surface area contributed by atoms with Gasteiger partial charge in [-0.1, -0.05) is 18.5 Å². The summed E-state index contributed by atoms with van der Waals surface area (Å²) >= 11 is 5.79. The highest BCUT2D eigenvalue weighted by Gasteiger charge is 2.11. The van der Waals surface area contributed by atoms with E-state index in [4.69, 9.17) is 16.3 Å². The molecule has 7 heteroatoms. The number of benzene rings is 1. The molecule has 0 aliphatic heterocycles. The van der Waals surface area contributed by atoms with E-state index in [9.17, 15) is 9.59 Å². The summed E-state index contributed by atoms with van der Waals surface area (Å²) in [7, 11) is 1.79. The Labute approximate surface area is 142 Å². The lowest BCUT2D eigenvalue weighted by Gasteiger charge is -2.17. The van der Waals surface area contributed by atoms with Gasteiger partial charge in [0.1, 0.15) is 12.4 Å². The van der Waals surface area contributed by atoms with E-state index in [1.807, 2.05) is 13.8 Å². The van der Waals surface area contributed by atoms with E-state index in [-0.39, 0.29) is 18.5 Å². The molecular weight excluding hydrogens is 318 g/mol. The van der Waals surface area contributed by atoms with E-state index in [2.05, 4.69) is 10.6 Å². The first kappa shape index (κ1) is 19.3. The zero-order chi connectivity index (χ0) is 17.2. The predicted molar refractivity (Wildman–Crippen MR) is 90.9 cm³/mol. The summed E-state index contributed by atoms with van der Waals surface area (Å²) in [5.74, 6) is 0.375. The zero-order valence-corrected chi connectivity index (χ0v) is 14.5. The number of carbonyl (C=O) groups excluding carboxylic acids is 2. The van der Waals surface area contributed by atoms with Crippen molar-refractivity contribution < 1.29 is 14.3 Å². The molecule has 0 fully saturated rings. The van der Waals surface area contributed by atoms with Gasteiger partial charge in [-0.2, -0.15) is 0 Å². The smallest absolute Gasteiger partial charge is 0.321 e. The van der Waals surface area contributed by atoms with Crippen LogP contribution in [-0.4, -0.2) is 49.6 Å². The molecule has 0 spiro atoms. The first-order chi connectivity index (χ1) is 10.9. The Balaban J connectivity index is 2.22. The maximum absolute atomic E-state index is 11.7. The molecule has 23 heavy (non-hydrogen) atoms. The van der Waals surface area contributed by atoms with Crippen molar-refractivity contribution in [3.8, 4) is 5.75 Å². The van der Waals surface area contributed by atoms with Crippen LogP contribution in [0, 0.1) is 0 Å². The summed E-state index contributed by atoms with van der Waals surface area (Å²) in [6, 6.07) is 6.65. The van der Waals surface area contributed by atoms with Crippen molar-refractivity contribution in [1.82, 2.24) is 15.5 Å². The van der Waals surface area contributed by atoms with Gasteiger partial charge in [-0.15, -0.1) is 0 Å². The summed E-state index contributed by atoms with van der Waals surface area (Å²) < 4.78 is 5.55. The summed E-state index contributed by atoms with van der Waals surface area (Å²) in [4.78, 5) is 25.0. The lowest BCUT2D eigenvalue weighted by atomic mass is 10.3. The number of hydrogen-bond acceptors (Lipinski definition) is 4. The van der Waals surface area contributed by atoms with Crippen molar-refractivity contribution in [3.63, 3.8) is 0 Å². The average Bonchev–Trinajstić information content (AvgIpc) is 2.48. The van der Waals surface area contributed by atoms with Crippen LogP contribution in [0.5, 0.6) is 5.75 Å². The third kappa shape index (κ3) is 8.42. The number of likely N-dealkylation sites (N-methyl/N-ethyl adjacent to an activating group) is 1. The Morgan fingerprint density at radius 3 is 2.57 bits per heavy atom. The maximum Gasteiger partial charge on any atom is 0.321 e. The first-order valence-corrected chi connectivity index (χ1v) is 7.95. The average molecular weight is 342 g/mol. The largest absolute Gasteiger partial charge is 0.492 e. The minimum absolute atomic E-state index is 0.0355. The minimum atomic E-state index is -0.463. The third-order valence-electron chi connectivity index (χ3n) is 3.21. The van der Waals surface area contributed by atoms with Gasteiger partial charge in [0.05, 0.1) is 6.54 Å². The Hall–Kier alpha value is -1.79. The molecule has 0 aromatic heterocycles. The Kier molecular flexibility index (Phi) is 8.43. The SMILES string of the molecule is CC[C@H](C)NC(=O)NC(=O)CN(C)CCOc1ccc(Cl)cc1. The number of urea groups is 1. The van der Waals surface area contributed by atoms with Crippen molar-refractivity contribution in [2.24, 2.45) is 0 Å². The van der Waals surface area contributed by atoms with Crippen molar-refractivity contribution in [3.05, 3.63) is 29.3 Å². The molecule has 0 saturated carbocycles. The molecule has 1 rings (SSSR count). The fourth-order valence-corrected chi connectivity index (χ4v) is 1.83. The van der Waals surface area contributed by atoms with Gasteiger partial charge in [0.2, 0.25) is 5.91 Å². The van der Waals surface area contributed by atoms with Crippen LogP contribution in [0.3, 0.4) is 0 Å². The van der Waals surface area contributed by atoms with Crippen LogP contribution < -0.4 is 15.4 Å². The Morgan fingerprint density at radius 1 is 1.30 bits per heavy atom. The number of amides is 3. The molecule has 0 heterocycles. The van der Waals surface area contributed by atoms with Crippen LogP contribution in [0.2, 0.25) is 5.02 Å². The molecule has 0 unspecified atom stereocenters. The van der Waals surface area contributed by atoms with Gasteiger partial charge in [0.15, 0.2) is 0 Å². The minimum Gasteiger partial charge on any atom is -0.492 e. The summed E-state index contributed by atoms with van der Waals surface area (Å²) in [5.41, 5.74) is 0. The second-order valence-electron chi connectivity index (χ2n) is 5.37. The molecule has 1 atom stereocenters.